The van der Waals surface area contributed by atoms with E-state index in [9.17, 15) is 9.59 Å². The number of rotatable bonds is 7. The van der Waals surface area contributed by atoms with Crippen molar-refractivity contribution in [3.63, 3.8) is 0 Å². The fourth-order valence-electron chi connectivity index (χ4n) is 4.90. The van der Waals surface area contributed by atoms with Gasteiger partial charge in [-0.3, -0.25) is 9.36 Å². The molecule has 1 saturated carbocycles. The van der Waals surface area contributed by atoms with Crippen LogP contribution in [-0.4, -0.2) is 63.6 Å². The number of carbonyl (C=O) groups is 1. The lowest BCUT2D eigenvalue weighted by Crippen LogP contribution is -2.40. The molecule has 37 heavy (non-hydrogen) atoms. The van der Waals surface area contributed by atoms with Crippen LogP contribution in [-0.2, 0) is 11.8 Å². The van der Waals surface area contributed by atoms with Crippen LogP contribution in [0, 0.1) is 11.8 Å². The third-order valence-electron chi connectivity index (χ3n) is 7.36. The third-order valence-corrected chi connectivity index (χ3v) is 7.64. The average Bonchev–Trinajstić information content (AvgIpc) is 3.74. The molecule has 11 heteroatoms. The summed E-state index contributed by atoms with van der Waals surface area (Å²) < 4.78 is 1.55. The van der Waals surface area contributed by atoms with Gasteiger partial charge in [-0.2, -0.15) is 9.97 Å². The number of amides is 1. The van der Waals surface area contributed by atoms with E-state index in [1.807, 2.05) is 18.2 Å². The quantitative estimate of drug-likeness (QED) is 0.482. The van der Waals surface area contributed by atoms with Gasteiger partial charge in [-0.05, 0) is 56.7 Å². The molecular weight excluding hydrogens is 492 g/mol. The molecule has 1 aliphatic carbocycles. The predicted molar refractivity (Wildman–Crippen MR) is 147 cm³/mol. The molecule has 0 unspecified atom stereocenters. The summed E-state index contributed by atoms with van der Waals surface area (Å²) in [4.78, 5) is 42.0. The molecular formula is C26H33ClN8O2. The second kappa shape index (κ2) is 10.2. The minimum absolute atomic E-state index is 0.0313. The molecule has 0 bridgehead atoms. The van der Waals surface area contributed by atoms with Crippen molar-refractivity contribution in [2.24, 2.45) is 18.9 Å². The first-order chi connectivity index (χ1) is 17.7. The molecule has 2 aliphatic rings. The standard InChI is InChI=1S/C26H33ClN8O2/c1-15(16-5-6-16)29-22-19-13-18(7-8-21(19)34(4)26(37)32-22)30-23-20(27)14-28-25(31-23)35-11-9-17(10-12-35)24(36)33(2)3/h7-8,13-17H,5-6,9-12H2,1-4H3,(H,28,30,31)(H,29,32,37)/t15-/m0/s1. The smallest absolute Gasteiger partial charge is 0.349 e. The Labute approximate surface area is 221 Å². The van der Waals surface area contributed by atoms with E-state index in [4.69, 9.17) is 16.6 Å². The summed E-state index contributed by atoms with van der Waals surface area (Å²) in [7, 11) is 5.32. The maximum absolute atomic E-state index is 12.5. The first-order valence-corrected chi connectivity index (χ1v) is 13.1. The topological polar surface area (TPSA) is 108 Å². The Bertz CT molecular complexity index is 1380. The van der Waals surface area contributed by atoms with Gasteiger partial charge in [0.2, 0.25) is 11.9 Å². The highest BCUT2D eigenvalue weighted by Gasteiger charge is 2.29. The Morgan fingerprint density at radius 1 is 1.14 bits per heavy atom. The Morgan fingerprint density at radius 2 is 1.86 bits per heavy atom. The number of fused-ring (bicyclic) bond motifs is 1. The summed E-state index contributed by atoms with van der Waals surface area (Å²) in [6.07, 6.45) is 5.51. The van der Waals surface area contributed by atoms with E-state index < -0.39 is 0 Å². The Balaban J connectivity index is 1.38. The molecule has 3 aromatic rings. The largest absolute Gasteiger partial charge is 0.367 e. The second-order valence-corrected chi connectivity index (χ2v) is 10.7. The van der Waals surface area contributed by atoms with Gasteiger partial charge in [0.05, 0.1) is 11.7 Å². The van der Waals surface area contributed by atoms with Gasteiger partial charge in [-0.25, -0.2) is 9.78 Å². The molecule has 1 aromatic carbocycles. The minimum atomic E-state index is -0.293. The van der Waals surface area contributed by atoms with Crippen LogP contribution in [0.4, 0.5) is 23.3 Å². The van der Waals surface area contributed by atoms with Crippen molar-refractivity contribution in [3.05, 3.63) is 39.9 Å². The molecule has 1 aliphatic heterocycles. The number of anilines is 4. The Hall–Kier alpha value is -3.40. The van der Waals surface area contributed by atoms with Crippen LogP contribution >= 0.6 is 11.6 Å². The minimum Gasteiger partial charge on any atom is -0.367 e. The van der Waals surface area contributed by atoms with Gasteiger partial charge in [0, 0.05) is 57.3 Å². The maximum atomic E-state index is 12.5. The van der Waals surface area contributed by atoms with E-state index in [1.54, 1.807) is 36.8 Å². The van der Waals surface area contributed by atoms with E-state index in [1.165, 1.54) is 12.8 Å². The first-order valence-electron chi connectivity index (χ1n) is 12.7. The molecule has 3 heterocycles. The van der Waals surface area contributed by atoms with Crippen LogP contribution in [0.2, 0.25) is 5.02 Å². The van der Waals surface area contributed by atoms with Crippen LogP contribution < -0.4 is 21.2 Å². The highest BCUT2D eigenvalue weighted by Crippen LogP contribution is 2.35. The molecule has 5 rings (SSSR count). The van der Waals surface area contributed by atoms with Crippen molar-refractivity contribution in [2.75, 3.05) is 42.7 Å². The molecule has 2 N–H and O–H groups in total. The van der Waals surface area contributed by atoms with Gasteiger partial charge < -0.3 is 20.4 Å². The summed E-state index contributed by atoms with van der Waals surface area (Å²) in [5, 5.41) is 8.02. The number of aromatic nitrogens is 4. The molecule has 1 amide bonds. The first kappa shape index (κ1) is 25.3. The van der Waals surface area contributed by atoms with E-state index >= 15 is 0 Å². The zero-order chi connectivity index (χ0) is 26.3. The molecule has 0 spiro atoms. The molecule has 1 atom stereocenters. The number of piperidine rings is 1. The maximum Gasteiger partial charge on any atom is 0.349 e. The van der Waals surface area contributed by atoms with Crippen molar-refractivity contribution in [2.45, 2.75) is 38.6 Å². The van der Waals surface area contributed by atoms with Crippen LogP contribution in [0.1, 0.15) is 32.6 Å². The number of benzene rings is 1. The number of carbonyl (C=O) groups excluding carboxylic acids is 1. The Morgan fingerprint density at radius 3 is 2.54 bits per heavy atom. The number of nitrogens with one attached hydrogen (secondary N) is 2. The third kappa shape index (κ3) is 5.34. The van der Waals surface area contributed by atoms with Gasteiger partial charge in [0.15, 0.2) is 5.82 Å². The second-order valence-electron chi connectivity index (χ2n) is 10.3. The zero-order valence-corrected chi connectivity index (χ0v) is 22.4. The van der Waals surface area contributed by atoms with Crippen LogP contribution in [0.15, 0.2) is 29.2 Å². The monoisotopic (exact) mass is 524 g/mol. The van der Waals surface area contributed by atoms with Crippen LogP contribution in [0.25, 0.3) is 10.9 Å². The molecule has 1 saturated heterocycles. The predicted octanol–water partition coefficient (Wildman–Crippen LogP) is 3.64. The van der Waals surface area contributed by atoms with E-state index in [0.29, 0.717) is 41.6 Å². The zero-order valence-electron chi connectivity index (χ0n) is 21.7. The number of hydrogen-bond donors (Lipinski definition) is 2. The summed E-state index contributed by atoms with van der Waals surface area (Å²) in [5.41, 5.74) is 1.27. The lowest BCUT2D eigenvalue weighted by Gasteiger charge is -2.32. The van der Waals surface area contributed by atoms with Crippen LogP contribution in [0.5, 0.6) is 0 Å². The highest BCUT2D eigenvalue weighted by molar-refractivity contribution is 6.32. The fourth-order valence-corrected chi connectivity index (χ4v) is 5.03. The van der Waals surface area contributed by atoms with E-state index in [0.717, 1.165) is 29.4 Å². The molecule has 2 aromatic heterocycles. The molecule has 2 fully saturated rings. The molecule has 10 nitrogen and oxygen atoms in total. The van der Waals surface area contributed by atoms with Gasteiger partial charge in [-0.1, -0.05) is 11.6 Å². The lowest BCUT2D eigenvalue weighted by atomic mass is 9.96. The normalized spacial score (nSPS) is 17.1. The van der Waals surface area contributed by atoms with E-state index in [2.05, 4.69) is 32.4 Å². The van der Waals surface area contributed by atoms with Crippen LogP contribution in [0.3, 0.4) is 0 Å². The summed E-state index contributed by atoms with van der Waals surface area (Å²) in [6, 6.07) is 6.00. The summed E-state index contributed by atoms with van der Waals surface area (Å²) >= 11 is 6.46. The Kier molecular flexibility index (Phi) is 6.94. The van der Waals surface area contributed by atoms with Crippen molar-refractivity contribution >= 4 is 51.7 Å². The number of hydrogen-bond acceptors (Lipinski definition) is 8. The number of nitrogens with zero attached hydrogens (tertiary/aromatic N) is 6. The number of halogens is 1. The lowest BCUT2D eigenvalue weighted by molar-refractivity contribution is -0.133. The van der Waals surface area contributed by atoms with Gasteiger partial charge in [-0.15, -0.1) is 0 Å². The molecule has 0 radical (unpaired) electrons. The highest BCUT2D eigenvalue weighted by atomic mass is 35.5. The summed E-state index contributed by atoms with van der Waals surface area (Å²) in [5.74, 6) is 2.48. The van der Waals surface area contributed by atoms with E-state index in [-0.39, 0.29) is 23.6 Å². The number of aryl methyl sites for hydroxylation is 1. The molecule has 196 valence electrons. The van der Waals surface area contributed by atoms with Crippen molar-refractivity contribution in [1.82, 2.24) is 24.4 Å². The SMILES string of the molecule is C[C@H](Nc1nc(=O)n(C)c2ccc(Nc3nc(N4CCC(C(=O)N(C)C)CC4)ncc3Cl)cc12)C1CC1. The summed E-state index contributed by atoms with van der Waals surface area (Å²) in [6.45, 7) is 3.54. The fraction of sp³-hybridized carbons (Fsp3) is 0.500. The average molecular weight is 525 g/mol. The van der Waals surface area contributed by atoms with Crippen molar-refractivity contribution < 1.29 is 4.79 Å². The van der Waals surface area contributed by atoms with Crippen molar-refractivity contribution in [3.8, 4) is 0 Å². The van der Waals surface area contributed by atoms with Gasteiger partial charge in [0.25, 0.3) is 0 Å². The van der Waals surface area contributed by atoms with Gasteiger partial charge in [0.1, 0.15) is 10.8 Å². The van der Waals surface area contributed by atoms with Gasteiger partial charge >= 0.3 is 5.69 Å². The van der Waals surface area contributed by atoms with Crippen molar-refractivity contribution in [1.29, 1.82) is 0 Å².